The van der Waals surface area contributed by atoms with Gasteiger partial charge in [-0.25, -0.2) is 9.97 Å². The maximum atomic E-state index is 11.3. The van der Waals surface area contributed by atoms with E-state index in [2.05, 4.69) is 40.4 Å². The van der Waals surface area contributed by atoms with Crippen LogP contribution in [0.15, 0.2) is 54.7 Å². The van der Waals surface area contributed by atoms with Gasteiger partial charge in [0, 0.05) is 17.6 Å². The van der Waals surface area contributed by atoms with Gasteiger partial charge in [0.1, 0.15) is 0 Å². The lowest BCUT2D eigenvalue weighted by atomic mass is 9.71. The van der Waals surface area contributed by atoms with Gasteiger partial charge >= 0.3 is 5.97 Å². The van der Waals surface area contributed by atoms with Gasteiger partial charge in [-0.05, 0) is 92.8 Å². The van der Waals surface area contributed by atoms with Crippen LogP contribution in [0.3, 0.4) is 0 Å². The monoisotopic (exact) mass is 445 g/mol. The topological polar surface area (TPSA) is 95.3 Å². The average Bonchev–Trinajstić information content (AvgIpc) is 2.79. The third-order valence-electron chi connectivity index (χ3n) is 6.80. The Morgan fingerprint density at radius 2 is 1.70 bits per heavy atom. The molecule has 4 rings (SSSR count). The van der Waals surface area contributed by atoms with E-state index in [1.165, 1.54) is 0 Å². The Morgan fingerprint density at radius 1 is 1.00 bits per heavy atom. The Morgan fingerprint density at radius 3 is 2.33 bits per heavy atom. The van der Waals surface area contributed by atoms with Gasteiger partial charge < -0.3 is 15.5 Å². The van der Waals surface area contributed by atoms with Crippen molar-refractivity contribution in [2.24, 2.45) is 11.8 Å². The van der Waals surface area contributed by atoms with E-state index in [1.54, 1.807) is 6.20 Å². The lowest BCUT2D eigenvalue weighted by molar-refractivity contribution is -0.144. The van der Waals surface area contributed by atoms with Crippen LogP contribution in [0.1, 0.15) is 49.4 Å². The van der Waals surface area contributed by atoms with Crippen LogP contribution in [0.2, 0.25) is 0 Å². The Hall–Kier alpha value is -3.25. The predicted molar refractivity (Wildman–Crippen MR) is 129 cm³/mol. The number of rotatable bonds is 6. The lowest BCUT2D eigenvalue weighted by Gasteiger charge is -2.37. The number of aromatic nitrogens is 2. The number of nitrogens with zero attached hydrogens (tertiary/aromatic N) is 2. The van der Waals surface area contributed by atoms with E-state index in [0.29, 0.717) is 18.8 Å². The predicted octanol–water partition coefficient (Wildman–Crippen LogP) is 5.60. The van der Waals surface area contributed by atoms with Crippen LogP contribution in [0, 0.1) is 25.7 Å². The molecule has 1 aromatic heterocycles. The van der Waals surface area contributed by atoms with Crippen LogP contribution in [0.25, 0.3) is 11.1 Å². The van der Waals surface area contributed by atoms with Gasteiger partial charge in [0.15, 0.2) is 0 Å². The summed E-state index contributed by atoms with van der Waals surface area (Å²) in [6, 6.07) is 16.2. The minimum absolute atomic E-state index is 0.0584. The molecule has 1 aliphatic rings. The zero-order valence-electron chi connectivity index (χ0n) is 19.4. The molecule has 172 valence electrons. The van der Waals surface area contributed by atoms with Gasteiger partial charge in [0.2, 0.25) is 5.95 Å². The molecular formula is C27H31N3O3. The van der Waals surface area contributed by atoms with Crippen molar-refractivity contribution in [2.75, 3.05) is 5.32 Å². The SMILES string of the molecule is Cc1cc(Nc2nccc(C)n2)cc(-c2ccc(C(C)(O)[C@H]3CC[C@H](C(=O)O)CC3)cc2)c1. The fourth-order valence-electron chi connectivity index (χ4n) is 4.80. The molecule has 3 aromatic rings. The normalized spacial score (nSPS) is 20.1. The maximum Gasteiger partial charge on any atom is 0.306 e. The van der Waals surface area contributed by atoms with Gasteiger partial charge in [-0.15, -0.1) is 0 Å². The van der Waals surface area contributed by atoms with E-state index >= 15 is 0 Å². The summed E-state index contributed by atoms with van der Waals surface area (Å²) < 4.78 is 0. The van der Waals surface area contributed by atoms with Gasteiger partial charge in [0.05, 0.1) is 11.5 Å². The van der Waals surface area contributed by atoms with Crippen molar-refractivity contribution >= 4 is 17.6 Å². The summed E-state index contributed by atoms with van der Waals surface area (Å²) in [5.41, 5.74) is 4.95. The van der Waals surface area contributed by atoms with E-state index in [-0.39, 0.29) is 11.8 Å². The Balaban J connectivity index is 1.52. The summed E-state index contributed by atoms with van der Waals surface area (Å²) >= 11 is 0. The molecule has 0 radical (unpaired) electrons. The highest BCUT2D eigenvalue weighted by Gasteiger charge is 2.37. The number of hydrogen-bond acceptors (Lipinski definition) is 5. The number of carboxylic acid groups (broad SMARTS) is 1. The van der Waals surface area contributed by atoms with Crippen molar-refractivity contribution in [2.45, 2.75) is 52.1 Å². The zero-order chi connectivity index (χ0) is 23.6. The highest BCUT2D eigenvalue weighted by Crippen LogP contribution is 2.41. The average molecular weight is 446 g/mol. The van der Waals surface area contributed by atoms with Crippen molar-refractivity contribution in [1.82, 2.24) is 9.97 Å². The molecule has 1 saturated carbocycles. The molecule has 1 aliphatic carbocycles. The van der Waals surface area contributed by atoms with Gasteiger partial charge in [-0.1, -0.05) is 30.3 Å². The number of aryl methyl sites for hydroxylation is 2. The molecule has 0 bridgehead atoms. The Bertz CT molecular complexity index is 1130. The van der Waals surface area contributed by atoms with Crippen LogP contribution in [-0.4, -0.2) is 26.2 Å². The first kappa shape index (κ1) is 22.9. The highest BCUT2D eigenvalue weighted by molar-refractivity contribution is 5.71. The summed E-state index contributed by atoms with van der Waals surface area (Å²) in [6.45, 7) is 5.84. The fraction of sp³-hybridized carbons (Fsp3) is 0.370. The molecule has 0 spiro atoms. The molecule has 33 heavy (non-hydrogen) atoms. The summed E-state index contributed by atoms with van der Waals surface area (Å²) in [7, 11) is 0. The summed E-state index contributed by atoms with van der Waals surface area (Å²) in [5, 5.41) is 23.8. The summed E-state index contributed by atoms with van der Waals surface area (Å²) in [5.74, 6) is -0.384. The molecule has 0 saturated heterocycles. The van der Waals surface area contributed by atoms with Crippen molar-refractivity contribution in [3.63, 3.8) is 0 Å². The number of carbonyl (C=O) groups is 1. The number of carboxylic acids is 1. The second-order valence-electron chi connectivity index (χ2n) is 9.35. The quantitative estimate of drug-likeness (QED) is 0.457. The molecule has 1 atom stereocenters. The molecule has 0 amide bonds. The highest BCUT2D eigenvalue weighted by atomic mass is 16.4. The molecule has 1 heterocycles. The second kappa shape index (κ2) is 9.32. The van der Waals surface area contributed by atoms with Crippen molar-refractivity contribution in [1.29, 1.82) is 0 Å². The standard InChI is InChI=1S/C27H31N3O3/c1-17-14-21(16-24(15-17)30-26-28-13-12-18(2)29-26)19-4-8-22(9-5-19)27(3,33)23-10-6-20(7-11-23)25(31)32/h4-5,8-9,12-16,20,23,33H,6-7,10-11H2,1-3H3,(H,31,32)(H,28,29,30)/t20-,23-,27?. The van der Waals surface area contributed by atoms with E-state index in [0.717, 1.165) is 46.5 Å². The van der Waals surface area contributed by atoms with Crippen LogP contribution in [-0.2, 0) is 10.4 Å². The van der Waals surface area contributed by atoms with Crippen molar-refractivity contribution in [3.8, 4) is 11.1 Å². The van der Waals surface area contributed by atoms with Gasteiger partial charge in [-0.2, -0.15) is 0 Å². The summed E-state index contributed by atoms with van der Waals surface area (Å²) in [6.07, 6.45) is 4.43. The van der Waals surface area contributed by atoms with E-state index < -0.39 is 11.6 Å². The number of anilines is 2. The van der Waals surface area contributed by atoms with Crippen molar-refractivity contribution < 1.29 is 15.0 Å². The van der Waals surface area contributed by atoms with Crippen LogP contribution in [0.4, 0.5) is 11.6 Å². The molecule has 1 fully saturated rings. The largest absolute Gasteiger partial charge is 0.481 e. The lowest BCUT2D eigenvalue weighted by Crippen LogP contribution is -2.35. The van der Waals surface area contributed by atoms with Crippen LogP contribution < -0.4 is 5.32 Å². The van der Waals surface area contributed by atoms with E-state index in [1.807, 2.05) is 44.2 Å². The van der Waals surface area contributed by atoms with Crippen LogP contribution in [0.5, 0.6) is 0 Å². The first-order valence-electron chi connectivity index (χ1n) is 11.5. The van der Waals surface area contributed by atoms with Crippen molar-refractivity contribution in [3.05, 3.63) is 71.5 Å². The molecule has 6 heteroatoms. The fourth-order valence-corrected chi connectivity index (χ4v) is 4.80. The zero-order valence-corrected chi connectivity index (χ0v) is 19.4. The first-order chi connectivity index (χ1) is 15.7. The third-order valence-corrected chi connectivity index (χ3v) is 6.80. The van der Waals surface area contributed by atoms with E-state index in [9.17, 15) is 15.0 Å². The van der Waals surface area contributed by atoms with Gasteiger partial charge in [0.25, 0.3) is 0 Å². The number of aliphatic carboxylic acids is 1. The first-order valence-corrected chi connectivity index (χ1v) is 11.5. The Kier molecular flexibility index (Phi) is 6.47. The molecular weight excluding hydrogens is 414 g/mol. The maximum absolute atomic E-state index is 11.3. The van der Waals surface area contributed by atoms with E-state index in [4.69, 9.17) is 0 Å². The summed E-state index contributed by atoms with van der Waals surface area (Å²) in [4.78, 5) is 19.9. The number of nitrogens with one attached hydrogen (secondary N) is 1. The number of hydrogen-bond donors (Lipinski definition) is 3. The number of benzene rings is 2. The number of aliphatic hydroxyl groups is 1. The van der Waals surface area contributed by atoms with Crippen LogP contribution >= 0.6 is 0 Å². The van der Waals surface area contributed by atoms with Gasteiger partial charge in [-0.3, -0.25) is 4.79 Å². The molecule has 6 nitrogen and oxygen atoms in total. The molecule has 3 N–H and O–H groups in total. The Labute approximate surface area is 194 Å². The smallest absolute Gasteiger partial charge is 0.306 e. The molecule has 0 aliphatic heterocycles. The molecule has 1 unspecified atom stereocenters. The third kappa shape index (κ3) is 5.22. The minimum atomic E-state index is -0.982. The second-order valence-corrected chi connectivity index (χ2v) is 9.35. The molecule has 2 aromatic carbocycles. The minimum Gasteiger partial charge on any atom is -0.481 e.